The lowest BCUT2D eigenvalue weighted by Gasteiger charge is -2.36. The fraction of sp³-hybridized carbons (Fsp3) is 0.944. The van der Waals surface area contributed by atoms with E-state index in [1.54, 1.807) is 4.90 Å². The Labute approximate surface area is 154 Å². The van der Waals surface area contributed by atoms with Crippen molar-refractivity contribution in [1.29, 1.82) is 0 Å². The van der Waals surface area contributed by atoms with Crippen LogP contribution in [0.3, 0.4) is 0 Å². The number of amides is 1. The van der Waals surface area contributed by atoms with E-state index in [4.69, 9.17) is 0 Å². The average molecular weight is 383 g/mol. The Bertz CT molecular complexity index is 429. The van der Waals surface area contributed by atoms with Gasteiger partial charge in [0.1, 0.15) is 0 Å². The van der Waals surface area contributed by atoms with E-state index in [1.807, 2.05) is 0 Å². The molecule has 1 aliphatic carbocycles. The summed E-state index contributed by atoms with van der Waals surface area (Å²) in [6.07, 6.45) is 4.62. The Balaban J connectivity index is 0.00000225. The molecule has 0 aromatic carbocycles. The molecule has 2 saturated heterocycles. The van der Waals surface area contributed by atoms with Crippen LogP contribution >= 0.6 is 12.4 Å². The number of fused-ring (bicyclic) bond motifs is 2. The van der Waals surface area contributed by atoms with Gasteiger partial charge in [0, 0.05) is 31.1 Å². The first-order valence-electron chi connectivity index (χ1n) is 9.53. The number of carbonyl (C=O) groups excluding carboxylic acids is 1. The van der Waals surface area contributed by atoms with Gasteiger partial charge in [0.25, 0.3) is 0 Å². The maximum absolute atomic E-state index is 12.8. The summed E-state index contributed by atoms with van der Waals surface area (Å²) < 4.78 is 38.0. The van der Waals surface area contributed by atoms with Gasteiger partial charge in [-0.05, 0) is 44.4 Å². The largest absolute Gasteiger partial charge is 0.390 e. The second kappa shape index (κ2) is 8.94. The number of rotatable bonds is 5. The number of halogens is 4. The first-order valence-corrected chi connectivity index (χ1v) is 9.53. The van der Waals surface area contributed by atoms with Crippen LogP contribution in [0.2, 0.25) is 0 Å². The minimum atomic E-state index is -4.19. The van der Waals surface area contributed by atoms with Crippen molar-refractivity contribution in [2.24, 2.45) is 5.92 Å². The Hall–Kier alpha value is -0.490. The smallest absolute Gasteiger partial charge is 0.339 e. The monoisotopic (exact) mass is 382 g/mol. The van der Waals surface area contributed by atoms with Crippen molar-refractivity contribution in [2.75, 3.05) is 6.54 Å². The normalized spacial score (nSPS) is 30.0. The van der Waals surface area contributed by atoms with E-state index in [2.05, 4.69) is 5.32 Å². The molecule has 0 radical (unpaired) electrons. The van der Waals surface area contributed by atoms with Gasteiger partial charge in [0.05, 0.1) is 6.42 Å². The molecule has 3 nitrogen and oxygen atoms in total. The summed E-state index contributed by atoms with van der Waals surface area (Å²) in [7, 11) is 0. The zero-order chi connectivity index (χ0) is 17.2. The lowest BCUT2D eigenvalue weighted by molar-refractivity contribution is -0.149. The van der Waals surface area contributed by atoms with Crippen LogP contribution in [-0.4, -0.2) is 41.7 Å². The molecule has 3 aliphatic rings. The summed E-state index contributed by atoms with van der Waals surface area (Å²) in [5, 5.41) is 3.56. The number of nitrogens with zero attached hydrogens (tertiary/aromatic N) is 1. The third-order valence-corrected chi connectivity index (χ3v) is 6.01. The molecule has 2 bridgehead atoms. The van der Waals surface area contributed by atoms with E-state index in [-0.39, 0.29) is 30.9 Å². The quantitative estimate of drug-likeness (QED) is 0.762. The minimum absolute atomic E-state index is 0. The van der Waals surface area contributed by atoms with Gasteiger partial charge in [0.2, 0.25) is 5.91 Å². The zero-order valence-corrected chi connectivity index (χ0v) is 15.5. The van der Waals surface area contributed by atoms with Gasteiger partial charge in [-0.15, -0.1) is 12.4 Å². The highest BCUT2D eigenvalue weighted by molar-refractivity contribution is 5.85. The molecular weight excluding hydrogens is 353 g/mol. The fourth-order valence-electron chi connectivity index (χ4n) is 4.86. The van der Waals surface area contributed by atoms with Gasteiger partial charge >= 0.3 is 6.18 Å². The van der Waals surface area contributed by atoms with Gasteiger partial charge in [-0.25, -0.2) is 0 Å². The highest BCUT2D eigenvalue weighted by Crippen LogP contribution is 2.34. The van der Waals surface area contributed by atoms with Crippen LogP contribution < -0.4 is 5.32 Å². The molecule has 3 rings (SSSR count). The van der Waals surface area contributed by atoms with E-state index >= 15 is 0 Å². The van der Waals surface area contributed by atoms with E-state index in [9.17, 15) is 18.0 Å². The summed E-state index contributed by atoms with van der Waals surface area (Å²) in [5.41, 5.74) is 0. The molecule has 1 saturated carbocycles. The van der Waals surface area contributed by atoms with Gasteiger partial charge < -0.3 is 10.2 Å². The molecule has 3 fully saturated rings. The van der Waals surface area contributed by atoms with Crippen molar-refractivity contribution in [3.05, 3.63) is 0 Å². The lowest BCUT2D eigenvalue weighted by Crippen LogP contribution is -2.45. The summed E-state index contributed by atoms with van der Waals surface area (Å²) >= 11 is 0. The highest BCUT2D eigenvalue weighted by atomic mass is 35.5. The number of piperidine rings is 1. The van der Waals surface area contributed by atoms with Gasteiger partial charge in [-0.3, -0.25) is 4.79 Å². The Morgan fingerprint density at radius 3 is 2.16 bits per heavy atom. The van der Waals surface area contributed by atoms with Crippen LogP contribution in [0.15, 0.2) is 0 Å². The molecule has 25 heavy (non-hydrogen) atoms. The molecule has 2 unspecified atom stereocenters. The molecule has 1 amide bonds. The third kappa shape index (κ3) is 6.02. The van der Waals surface area contributed by atoms with Crippen molar-refractivity contribution in [1.82, 2.24) is 10.2 Å². The van der Waals surface area contributed by atoms with Crippen molar-refractivity contribution in [2.45, 2.75) is 94.9 Å². The molecule has 0 aromatic rings. The van der Waals surface area contributed by atoms with Crippen molar-refractivity contribution in [3.8, 4) is 0 Å². The van der Waals surface area contributed by atoms with Crippen LogP contribution in [-0.2, 0) is 4.79 Å². The second-order valence-corrected chi connectivity index (χ2v) is 7.92. The molecule has 2 atom stereocenters. The maximum atomic E-state index is 12.8. The molecule has 2 heterocycles. The van der Waals surface area contributed by atoms with Crippen molar-refractivity contribution < 1.29 is 18.0 Å². The van der Waals surface area contributed by atoms with Crippen molar-refractivity contribution >= 4 is 18.3 Å². The van der Waals surface area contributed by atoms with Crippen LogP contribution in [0.1, 0.15) is 70.6 Å². The first-order chi connectivity index (χ1) is 11.4. The number of nitrogens with one attached hydrogen (secondary N) is 1. The minimum Gasteiger partial charge on any atom is -0.339 e. The third-order valence-electron chi connectivity index (χ3n) is 6.01. The molecule has 7 heteroatoms. The Morgan fingerprint density at radius 2 is 1.60 bits per heavy atom. The Morgan fingerprint density at radius 1 is 1.00 bits per heavy atom. The molecular formula is C18H30ClF3N2O. The van der Waals surface area contributed by atoms with Crippen LogP contribution in [0.5, 0.6) is 0 Å². The predicted molar refractivity (Wildman–Crippen MR) is 93.8 cm³/mol. The van der Waals surface area contributed by atoms with Crippen molar-refractivity contribution in [3.63, 3.8) is 0 Å². The van der Waals surface area contributed by atoms with E-state index in [1.165, 1.54) is 12.8 Å². The van der Waals surface area contributed by atoms with E-state index in [0.29, 0.717) is 24.4 Å². The van der Waals surface area contributed by atoms with Gasteiger partial charge in [-0.2, -0.15) is 13.2 Å². The summed E-state index contributed by atoms with van der Waals surface area (Å²) in [6, 6.07) is 1.05. The van der Waals surface area contributed by atoms with Crippen LogP contribution in [0, 0.1) is 5.92 Å². The van der Waals surface area contributed by atoms with Gasteiger partial charge in [0.15, 0.2) is 0 Å². The fourth-order valence-corrected chi connectivity index (χ4v) is 4.86. The summed E-state index contributed by atoms with van der Waals surface area (Å²) in [4.78, 5) is 14.4. The second-order valence-electron chi connectivity index (χ2n) is 7.92. The number of hydrogen-bond donors (Lipinski definition) is 1. The standard InChI is InChI=1S/C18H29F3N2O.ClH/c19-18(20,21)8-9-23(16-4-2-1-3-5-16)17(24)12-13-10-14-6-7-15(11-13)22-14;/h13-16,22H,1-12H2;1H. The summed E-state index contributed by atoms with van der Waals surface area (Å²) in [5.74, 6) is 0.297. The Kier molecular flexibility index (Phi) is 7.44. The van der Waals surface area contributed by atoms with E-state index < -0.39 is 12.6 Å². The number of alkyl halides is 3. The van der Waals surface area contributed by atoms with E-state index in [0.717, 1.165) is 44.9 Å². The lowest BCUT2D eigenvalue weighted by atomic mass is 9.88. The molecule has 2 aliphatic heterocycles. The number of hydrogen-bond acceptors (Lipinski definition) is 2. The maximum Gasteiger partial charge on any atom is 0.390 e. The highest BCUT2D eigenvalue weighted by Gasteiger charge is 2.37. The summed E-state index contributed by atoms with van der Waals surface area (Å²) in [6.45, 7) is -0.162. The predicted octanol–water partition coefficient (Wildman–Crippen LogP) is 4.44. The van der Waals surface area contributed by atoms with Gasteiger partial charge in [-0.1, -0.05) is 19.3 Å². The van der Waals surface area contributed by atoms with Crippen LogP contribution in [0.4, 0.5) is 13.2 Å². The first kappa shape index (κ1) is 20.8. The number of carbonyl (C=O) groups is 1. The SMILES string of the molecule is Cl.O=C(CC1CC2CCC(C1)N2)N(CCC(F)(F)F)C1CCCCC1. The molecule has 0 spiro atoms. The molecule has 146 valence electrons. The topological polar surface area (TPSA) is 32.3 Å². The zero-order valence-electron chi connectivity index (χ0n) is 14.7. The molecule has 1 N–H and O–H groups in total. The molecule has 0 aromatic heterocycles. The average Bonchev–Trinajstić information content (AvgIpc) is 2.86. The van der Waals surface area contributed by atoms with Crippen LogP contribution in [0.25, 0.3) is 0 Å².